The van der Waals surface area contributed by atoms with Gasteiger partial charge >= 0.3 is 5.97 Å². The SMILES string of the molecule is O=CC(=O)CC(C(=O)C=O)C1OC(=O)C(O)=C1O. The number of carbonyl (C=O) groups excluding carboxylic acids is 5. The Hall–Kier alpha value is -2.51. The van der Waals surface area contributed by atoms with Crippen molar-refractivity contribution in [3.05, 3.63) is 11.5 Å². The molecule has 2 atom stereocenters. The van der Waals surface area contributed by atoms with Gasteiger partial charge in [0.25, 0.3) is 0 Å². The van der Waals surface area contributed by atoms with Crippen LogP contribution in [0, 0.1) is 5.92 Å². The van der Waals surface area contributed by atoms with Crippen molar-refractivity contribution in [3.8, 4) is 0 Å². The Bertz CT molecular complexity index is 460. The van der Waals surface area contributed by atoms with Crippen molar-refractivity contribution in [2.45, 2.75) is 12.5 Å². The lowest BCUT2D eigenvalue weighted by atomic mass is 9.91. The molecule has 8 heteroatoms. The quantitative estimate of drug-likeness (QED) is 0.343. The molecule has 8 nitrogen and oxygen atoms in total. The van der Waals surface area contributed by atoms with Crippen LogP contribution in [0.2, 0.25) is 0 Å². The maximum atomic E-state index is 11.3. The summed E-state index contributed by atoms with van der Waals surface area (Å²) >= 11 is 0. The summed E-state index contributed by atoms with van der Waals surface area (Å²) in [6.45, 7) is 0. The number of hydrogen-bond acceptors (Lipinski definition) is 8. The van der Waals surface area contributed by atoms with Crippen LogP contribution in [0.25, 0.3) is 0 Å². The van der Waals surface area contributed by atoms with Crippen molar-refractivity contribution in [1.82, 2.24) is 0 Å². The van der Waals surface area contributed by atoms with Crippen molar-refractivity contribution in [2.24, 2.45) is 5.92 Å². The Morgan fingerprint density at radius 1 is 1.28 bits per heavy atom. The zero-order chi connectivity index (χ0) is 13.9. The summed E-state index contributed by atoms with van der Waals surface area (Å²) < 4.78 is 4.46. The Morgan fingerprint density at radius 2 is 1.89 bits per heavy atom. The van der Waals surface area contributed by atoms with E-state index >= 15 is 0 Å². The number of aldehydes is 2. The monoisotopic (exact) mass is 256 g/mol. The number of hydrogen-bond donors (Lipinski definition) is 2. The maximum absolute atomic E-state index is 11.3. The molecule has 0 aromatic heterocycles. The standard InChI is InChI=1S/C10H8O8/c11-2-4(13)1-5(6(14)3-12)9-7(15)8(16)10(17)18-9/h2-3,5,9,15-16H,1H2. The summed E-state index contributed by atoms with van der Waals surface area (Å²) in [5.74, 6) is -7.00. The minimum absolute atomic E-state index is 0.0670. The van der Waals surface area contributed by atoms with Crippen LogP contribution in [0.15, 0.2) is 11.5 Å². The second-order valence-electron chi connectivity index (χ2n) is 3.47. The average molecular weight is 256 g/mol. The normalized spacial score (nSPS) is 20.2. The van der Waals surface area contributed by atoms with E-state index in [9.17, 15) is 29.1 Å². The Balaban J connectivity index is 3.02. The van der Waals surface area contributed by atoms with E-state index in [2.05, 4.69) is 4.74 Å². The van der Waals surface area contributed by atoms with E-state index in [1.54, 1.807) is 0 Å². The minimum Gasteiger partial charge on any atom is -0.505 e. The maximum Gasteiger partial charge on any atom is 0.377 e. The van der Waals surface area contributed by atoms with E-state index < -0.39 is 47.5 Å². The van der Waals surface area contributed by atoms with Crippen LogP contribution in [0.5, 0.6) is 0 Å². The van der Waals surface area contributed by atoms with Gasteiger partial charge in [-0.1, -0.05) is 0 Å². The molecular weight excluding hydrogens is 248 g/mol. The van der Waals surface area contributed by atoms with Crippen molar-refractivity contribution >= 4 is 30.1 Å². The third kappa shape index (κ3) is 2.42. The van der Waals surface area contributed by atoms with Crippen molar-refractivity contribution in [1.29, 1.82) is 0 Å². The van der Waals surface area contributed by atoms with Gasteiger partial charge in [-0.3, -0.25) is 19.2 Å². The van der Waals surface area contributed by atoms with Crippen LogP contribution in [0.4, 0.5) is 0 Å². The zero-order valence-electron chi connectivity index (χ0n) is 8.86. The first-order chi connectivity index (χ1) is 8.42. The highest BCUT2D eigenvalue weighted by Crippen LogP contribution is 2.27. The van der Waals surface area contributed by atoms with Crippen LogP contribution >= 0.6 is 0 Å². The number of esters is 1. The van der Waals surface area contributed by atoms with Gasteiger partial charge in [-0.05, 0) is 0 Å². The van der Waals surface area contributed by atoms with E-state index in [-0.39, 0.29) is 12.6 Å². The average Bonchev–Trinajstić information content (AvgIpc) is 2.62. The molecule has 0 spiro atoms. The molecule has 0 saturated heterocycles. The van der Waals surface area contributed by atoms with Gasteiger partial charge in [0.05, 0.1) is 5.92 Å². The number of cyclic esters (lactones) is 1. The fourth-order valence-electron chi connectivity index (χ4n) is 1.45. The first-order valence-corrected chi connectivity index (χ1v) is 4.72. The molecule has 1 aliphatic heterocycles. The highest BCUT2D eigenvalue weighted by atomic mass is 16.6. The van der Waals surface area contributed by atoms with Gasteiger partial charge in [-0.25, -0.2) is 4.79 Å². The highest BCUT2D eigenvalue weighted by Gasteiger charge is 2.43. The van der Waals surface area contributed by atoms with E-state index in [1.165, 1.54) is 0 Å². The lowest BCUT2D eigenvalue weighted by molar-refractivity contribution is -0.149. The minimum atomic E-state index is -1.64. The smallest absolute Gasteiger partial charge is 0.377 e. The second kappa shape index (κ2) is 5.21. The zero-order valence-corrected chi connectivity index (χ0v) is 8.86. The molecule has 0 aromatic carbocycles. The molecule has 2 unspecified atom stereocenters. The summed E-state index contributed by atoms with van der Waals surface area (Å²) in [4.78, 5) is 53.7. The molecule has 1 aliphatic rings. The fraction of sp³-hybridized carbons (Fsp3) is 0.300. The topological polar surface area (TPSA) is 135 Å². The van der Waals surface area contributed by atoms with Crippen molar-refractivity contribution in [2.75, 3.05) is 0 Å². The van der Waals surface area contributed by atoms with Crippen LogP contribution < -0.4 is 0 Å². The lowest BCUT2D eigenvalue weighted by Crippen LogP contribution is -2.33. The number of Topliss-reactive ketones (excluding diaryl/α,β-unsaturated/α-hetero) is 2. The van der Waals surface area contributed by atoms with E-state index in [0.717, 1.165) is 0 Å². The van der Waals surface area contributed by atoms with Gasteiger partial charge in [0.1, 0.15) is 0 Å². The summed E-state index contributed by atoms with van der Waals surface area (Å²) in [5, 5.41) is 18.4. The number of ether oxygens (including phenoxy) is 1. The van der Waals surface area contributed by atoms with Crippen LogP contribution in [0.3, 0.4) is 0 Å². The third-order valence-corrected chi connectivity index (χ3v) is 2.34. The van der Waals surface area contributed by atoms with Crippen molar-refractivity contribution in [3.63, 3.8) is 0 Å². The van der Waals surface area contributed by atoms with Gasteiger partial charge < -0.3 is 14.9 Å². The van der Waals surface area contributed by atoms with Gasteiger partial charge in [-0.15, -0.1) is 0 Å². The first-order valence-electron chi connectivity index (χ1n) is 4.72. The molecule has 2 N–H and O–H groups in total. The molecule has 0 aliphatic carbocycles. The molecule has 0 bridgehead atoms. The molecule has 0 saturated carbocycles. The molecule has 96 valence electrons. The predicted octanol–water partition coefficient (Wildman–Crippen LogP) is -1.22. The summed E-state index contributed by atoms with van der Waals surface area (Å²) in [5.41, 5.74) is 0. The Morgan fingerprint density at radius 3 is 2.28 bits per heavy atom. The van der Waals surface area contributed by atoms with Gasteiger partial charge in [0.15, 0.2) is 30.2 Å². The van der Waals surface area contributed by atoms with Gasteiger partial charge in [0.2, 0.25) is 11.5 Å². The molecule has 0 aromatic rings. The van der Waals surface area contributed by atoms with Crippen LogP contribution in [-0.2, 0) is 28.7 Å². The Kier molecular flexibility index (Phi) is 3.93. The number of ketones is 2. The van der Waals surface area contributed by atoms with Crippen molar-refractivity contribution < 1.29 is 38.9 Å². The molecule has 1 heterocycles. The Labute approximate surface area is 99.8 Å². The largest absolute Gasteiger partial charge is 0.505 e. The van der Waals surface area contributed by atoms with E-state index in [0.29, 0.717) is 0 Å². The van der Waals surface area contributed by atoms with Crippen LogP contribution in [0.1, 0.15) is 6.42 Å². The van der Waals surface area contributed by atoms with Crippen LogP contribution in [-0.4, -0.2) is 46.4 Å². The van der Waals surface area contributed by atoms with E-state index in [4.69, 9.17) is 5.11 Å². The number of aliphatic hydroxyl groups excluding tert-OH is 2. The second-order valence-corrected chi connectivity index (χ2v) is 3.47. The molecular formula is C10H8O8. The highest BCUT2D eigenvalue weighted by molar-refractivity contribution is 6.30. The fourth-order valence-corrected chi connectivity index (χ4v) is 1.45. The van der Waals surface area contributed by atoms with Gasteiger partial charge in [0, 0.05) is 6.42 Å². The molecule has 0 fully saturated rings. The molecule has 1 rings (SSSR count). The molecule has 18 heavy (non-hydrogen) atoms. The lowest BCUT2D eigenvalue weighted by Gasteiger charge is -2.17. The molecule has 0 amide bonds. The summed E-state index contributed by atoms with van der Waals surface area (Å²) in [6.07, 6.45) is -2.54. The first kappa shape index (κ1) is 13.6. The van der Waals surface area contributed by atoms with Gasteiger partial charge in [-0.2, -0.15) is 0 Å². The predicted molar refractivity (Wildman–Crippen MR) is 52.4 cm³/mol. The summed E-state index contributed by atoms with van der Waals surface area (Å²) in [7, 11) is 0. The summed E-state index contributed by atoms with van der Waals surface area (Å²) in [6, 6.07) is 0. The molecule has 0 radical (unpaired) electrons. The third-order valence-electron chi connectivity index (χ3n) is 2.34. The number of carbonyl (C=O) groups is 5. The number of aliphatic hydroxyl groups is 2. The van der Waals surface area contributed by atoms with E-state index in [1.807, 2.05) is 0 Å². The number of rotatable bonds is 6.